The molecule has 0 saturated heterocycles. The third kappa shape index (κ3) is 3.61. The first-order valence-electron chi connectivity index (χ1n) is 3.40. The van der Waals surface area contributed by atoms with Gasteiger partial charge in [-0.25, -0.2) is 0 Å². The Hall–Kier alpha value is 1.97. The van der Waals surface area contributed by atoms with E-state index in [-0.39, 0.29) is 103 Å². The van der Waals surface area contributed by atoms with Gasteiger partial charge in [0.15, 0.2) is 0 Å². The predicted octanol–water partition coefficient (Wildman–Crippen LogP) is 1.54. The van der Waals surface area contributed by atoms with E-state index >= 15 is 0 Å². The molecule has 0 aliphatic rings. The van der Waals surface area contributed by atoms with Crippen LogP contribution in [-0.4, -0.2) is 103 Å². The van der Waals surface area contributed by atoms with Crippen molar-refractivity contribution >= 4 is 114 Å². The second kappa shape index (κ2) is 7.29. The van der Waals surface area contributed by atoms with E-state index in [1.165, 1.54) is 10.8 Å². The van der Waals surface area contributed by atoms with Gasteiger partial charge < -0.3 is 0 Å². The normalized spacial score (nSPS) is 8.33. The molecule has 0 bridgehead atoms. The van der Waals surface area contributed by atoms with Gasteiger partial charge in [0, 0.05) is 0 Å². The van der Waals surface area contributed by atoms with E-state index in [4.69, 9.17) is 0 Å². The smallest absolute Gasteiger partial charge is 0.0184 e. The molecule has 0 aliphatic heterocycles. The zero-order chi connectivity index (χ0) is 6.81. The zero-order valence-electron chi connectivity index (χ0n) is 5.62. The molecular weight excluding hydrogens is 198 g/mol. The van der Waals surface area contributed by atoms with Crippen LogP contribution in [0.3, 0.4) is 0 Å². The van der Waals surface area contributed by atoms with Gasteiger partial charge in [0.2, 0.25) is 0 Å². The molecular formula is C10H10K2. The second-order valence-corrected chi connectivity index (χ2v) is 2.35. The Morgan fingerprint density at radius 3 is 1.00 bits per heavy atom. The number of fused-ring (bicyclic) bond motifs is 1. The second-order valence-electron chi connectivity index (χ2n) is 2.35. The molecule has 0 nitrogen and oxygen atoms in total. The van der Waals surface area contributed by atoms with Crippen LogP contribution in [-0.2, 0) is 0 Å². The van der Waals surface area contributed by atoms with Crippen LogP contribution in [0.2, 0.25) is 0 Å². The van der Waals surface area contributed by atoms with E-state index < -0.39 is 0 Å². The van der Waals surface area contributed by atoms with Gasteiger partial charge in [-0.3, -0.25) is 0 Å². The van der Waals surface area contributed by atoms with Crippen molar-refractivity contribution in [2.24, 2.45) is 0 Å². The maximum absolute atomic E-state index is 2.12. The molecule has 0 unspecified atom stereocenters. The van der Waals surface area contributed by atoms with Gasteiger partial charge in [-0.2, -0.15) is 0 Å². The molecule has 2 rings (SSSR count). The van der Waals surface area contributed by atoms with Crippen molar-refractivity contribution in [3.63, 3.8) is 0 Å². The summed E-state index contributed by atoms with van der Waals surface area (Å²) < 4.78 is 0. The summed E-state index contributed by atoms with van der Waals surface area (Å²) in [6.45, 7) is 0. The first-order chi connectivity index (χ1) is 4.97. The predicted molar refractivity (Wildman–Crippen MR) is 58.2 cm³/mol. The summed E-state index contributed by atoms with van der Waals surface area (Å²) in [4.78, 5) is 0. The molecule has 0 atom stereocenters. The average Bonchev–Trinajstić information content (AvgIpc) is 2.05. The molecule has 52 valence electrons. The van der Waals surface area contributed by atoms with Gasteiger partial charge in [-0.15, -0.1) is 0 Å². The fourth-order valence-corrected chi connectivity index (χ4v) is 1.13. The molecule has 0 fully saturated rings. The van der Waals surface area contributed by atoms with E-state index in [0.717, 1.165) is 0 Å². The minimum atomic E-state index is 0. The van der Waals surface area contributed by atoms with Crippen molar-refractivity contribution in [1.82, 2.24) is 0 Å². The summed E-state index contributed by atoms with van der Waals surface area (Å²) in [5.74, 6) is 0. The molecule has 0 amide bonds. The fourth-order valence-electron chi connectivity index (χ4n) is 1.13. The van der Waals surface area contributed by atoms with Gasteiger partial charge in [0.1, 0.15) is 0 Å². The minimum Gasteiger partial charge on any atom is -0.0616 e. The Labute approximate surface area is 158 Å². The van der Waals surface area contributed by atoms with Crippen LogP contribution in [0.1, 0.15) is 0 Å². The Kier molecular flexibility index (Phi) is 8.49. The quantitative estimate of drug-likeness (QED) is 0.576. The van der Waals surface area contributed by atoms with Crippen LogP contribution in [0.4, 0.5) is 0 Å². The van der Waals surface area contributed by atoms with Crippen molar-refractivity contribution in [1.29, 1.82) is 0 Å². The molecule has 0 radical (unpaired) electrons. The third-order valence-corrected chi connectivity index (χ3v) is 1.66. The van der Waals surface area contributed by atoms with Crippen LogP contribution in [0, 0.1) is 0 Å². The topological polar surface area (TPSA) is 0 Å². The fraction of sp³-hybridized carbons (Fsp3) is 0. The number of rotatable bonds is 0. The van der Waals surface area contributed by atoms with E-state index in [9.17, 15) is 0 Å². The maximum atomic E-state index is 2.12. The molecule has 0 heterocycles. The molecule has 0 saturated carbocycles. The van der Waals surface area contributed by atoms with Crippen LogP contribution < -0.4 is 0 Å². The van der Waals surface area contributed by atoms with E-state index in [2.05, 4.69) is 48.5 Å². The zero-order valence-corrected chi connectivity index (χ0v) is 5.62. The van der Waals surface area contributed by atoms with Crippen molar-refractivity contribution in [3.05, 3.63) is 48.5 Å². The maximum Gasteiger partial charge on any atom is -0.0184 e. The Bertz CT molecular complexity index is 279. The number of hydrogen-bond donors (Lipinski definition) is 0. The molecule has 2 heteroatoms. The van der Waals surface area contributed by atoms with Crippen LogP contribution in [0.15, 0.2) is 48.5 Å². The largest absolute Gasteiger partial charge is 0.0616 e. The van der Waals surface area contributed by atoms with Gasteiger partial charge in [-0.1, -0.05) is 48.5 Å². The molecule has 0 spiro atoms. The minimum absolute atomic E-state index is 0. The van der Waals surface area contributed by atoms with Crippen molar-refractivity contribution in [2.75, 3.05) is 0 Å². The Balaban J connectivity index is 0.000000605. The Morgan fingerprint density at radius 1 is 0.500 bits per heavy atom. The van der Waals surface area contributed by atoms with E-state index in [1.807, 2.05) is 0 Å². The summed E-state index contributed by atoms with van der Waals surface area (Å²) in [5, 5.41) is 2.62. The van der Waals surface area contributed by atoms with Crippen LogP contribution in [0.5, 0.6) is 0 Å². The summed E-state index contributed by atoms with van der Waals surface area (Å²) in [6.07, 6.45) is 0. The van der Waals surface area contributed by atoms with E-state index in [0.29, 0.717) is 0 Å². The number of benzene rings is 2. The molecule has 2 aromatic carbocycles. The SMILES string of the molecule is [KH].[KH].c1ccc2ccccc2c1. The first kappa shape index (κ1) is 14.0. The third-order valence-electron chi connectivity index (χ3n) is 1.66. The summed E-state index contributed by atoms with van der Waals surface area (Å²) in [7, 11) is 0. The molecule has 0 N–H and O–H groups in total. The van der Waals surface area contributed by atoms with Crippen LogP contribution >= 0.6 is 0 Å². The monoisotopic (exact) mass is 208 g/mol. The summed E-state index contributed by atoms with van der Waals surface area (Å²) in [5.41, 5.74) is 0. The van der Waals surface area contributed by atoms with Gasteiger partial charge in [-0.05, 0) is 10.8 Å². The number of hydrogen-bond acceptors (Lipinski definition) is 0. The molecule has 12 heavy (non-hydrogen) atoms. The molecule has 2 aromatic rings. The molecule has 0 aromatic heterocycles. The van der Waals surface area contributed by atoms with Gasteiger partial charge >= 0.3 is 103 Å². The average molecular weight is 208 g/mol. The Morgan fingerprint density at radius 2 is 0.750 bits per heavy atom. The van der Waals surface area contributed by atoms with E-state index in [1.54, 1.807) is 0 Å². The first-order valence-corrected chi connectivity index (χ1v) is 3.40. The van der Waals surface area contributed by atoms with Crippen molar-refractivity contribution in [3.8, 4) is 0 Å². The van der Waals surface area contributed by atoms with Crippen LogP contribution in [0.25, 0.3) is 10.8 Å². The van der Waals surface area contributed by atoms with Crippen molar-refractivity contribution < 1.29 is 0 Å². The van der Waals surface area contributed by atoms with Gasteiger partial charge in [0.25, 0.3) is 0 Å². The van der Waals surface area contributed by atoms with Crippen molar-refractivity contribution in [2.45, 2.75) is 0 Å². The standard InChI is InChI=1S/C10H8.2K.2H/c1-2-6-10-8-4-3-7-9(10)5-1;;;;/h1-8H;;;;. The summed E-state index contributed by atoms with van der Waals surface area (Å²) >= 11 is 0. The molecule has 0 aliphatic carbocycles. The van der Waals surface area contributed by atoms with Gasteiger partial charge in [0.05, 0.1) is 0 Å². The summed E-state index contributed by atoms with van der Waals surface area (Å²) in [6, 6.07) is 16.7.